The summed E-state index contributed by atoms with van der Waals surface area (Å²) in [5.41, 5.74) is 0.962. The number of hydrogen-bond donors (Lipinski definition) is 0. The predicted octanol–water partition coefficient (Wildman–Crippen LogP) is 2.37. The fourth-order valence-corrected chi connectivity index (χ4v) is 4.60. The van der Waals surface area contributed by atoms with Gasteiger partial charge in [0.1, 0.15) is 13.2 Å². The molecule has 0 radical (unpaired) electrons. The van der Waals surface area contributed by atoms with Crippen LogP contribution in [-0.4, -0.2) is 53.8 Å². The molecule has 7 nitrogen and oxygen atoms in total. The molecule has 1 saturated carbocycles. The Balaban J connectivity index is 1.36. The first-order valence-electron chi connectivity index (χ1n) is 10.6. The summed E-state index contributed by atoms with van der Waals surface area (Å²) in [5.74, 6) is 0.885. The molecule has 1 aromatic carbocycles. The number of hydrogen-bond acceptors (Lipinski definition) is 5. The predicted molar refractivity (Wildman–Crippen MR) is 105 cm³/mol. The summed E-state index contributed by atoms with van der Waals surface area (Å²) in [6, 6.07) is 5.70. The van der Waals surface area contributed by atoms with Gasteiger partial charge >= 0.3 is 0 Å². The maximum absolute atomic E-state index is 12.8. The third-order valence-corrected chi connectivity index (χ3v) is 6.20. The molecule has 1 aliphatic carbocycles. The minimum absolute atomic E-state index is 0.0575. The summed E-state index contributed by atoms with van der Waals surface area (Å²) in [6.45, 7) is 4.19. The van der Waals surface area contributed by atoms with E-state index in [4.69, 9.17) is 9.47 Å². The Bertz CT molecular complexity index is 784. The minimum Gasteiger partial charge on any atom is -0.486 e. The summed E-state index contributed by atoms with van der Waals surface area (Å²) in [7, 11) is 0. The Morgan fingerprint density at radius 2 is 1.72 bits per heavy atom. The maximum atomic E-state index is 12.8. The monoisotopic (exact) mass is 400 g/mol. The highest BCUT2D eigenvalue weighted by Gasteiger charge is 2.47. The second-order valence-electron chi connectivity index (χ2n) is 7.96. The summed E-state index contributed by atoms with van der Waals surface area (Å²) >= 11 is 0. The van der Waals surface area contributed by atoms with Crippen LogP contribution in [0, 0.1) is 11.8 Å². The number of fused-ring (bicyclic) bond motifs is 2. The molecule has 3 amide bonds. The van der Waals surface area contributed by atoms with Crippen LogP contribution in [-0.2, 0) is 20.9 Å². The molecule has 0 spiro atoms. The minimum atomic E-state index is -0.161. The van der Waals surface area contributed by atoms with Crippen LogP contribution >= 0.6 is 0 Å². The van der Waals surface area contributed by atoms with Gasteiger partial charge in [0.05, 0.1) is 11.8 Å². The van der Waals surface area contributed by atoms with Crippen molar-refractivity contribution in [2.24, 2.45) is 11.8 Å². The lowest BCUT2D eigenvalue weighted by molar-refractivity contribution is -0.141. The highest BCUT2D eigenvalue weighted by molar-refractivity contribution is 6.05. The van der Waals surface area contributed by atoms with E-state index in [1.54, 1.807) is 4.90 Å². The number of likely N-dealkylation sites (tertiary alicyclic amines) is 1. The number of amides is 3. The van der Waals surface area contributed by atoms with Crippen molar-refractivity contribution in [3.63, 3.8) is 0 Å². The second kappa shape index (κ2) is 8.43. The molecule has 1 saturated heterocycles. The van der Waals surface area contributed by atoms with Crippen LogP contribution in [0.25, 0.3) is 0 Å². The fourth-order valence-electron chi connectivity index (χ4n) is 4.60. The average molecular weight is 400 g/mol. The summed E-state index contributed by atoms with van der Waals surface area (Å²) in [5, 5.41) is 0. The number of carbonyl (C=O) groups excluding carboxylic acids is 3. The molecule has 2 aliphatic heterocycles. The maximum Gasteiger partial charge on any atom is 0.233 e. The quantitative estimate of drug-likeness (QED) is 0.686. The van der Waals surface area contributed by atoms with Gasteiger partial charge in [0.25, 0.3) is 0 Å². The first-order valence-corrected chi connectivity index (χ1v) is 10.6. The highest BCUT2D eigenvalue weighted by Crippen LogP contribution is 2.38. The lowest BCUT2D eigenvalue weighted by Crippen LogP contribution is -2.37. The molecule has 29 heavy (non-hydrogen) atoms. The van der Waals surface area contributed by atoms with Crippen molar-refractivity contribution in [1.29, 1.82) is 0 Å². The normalized spacial score (nSPS) is 23.1. The topological polar surface area (TPSA) is 76.2 Å². The molecule has 4 rings (SSSR count). The van der Waals surface area contributed by atoms with Gasteiger partial charge < -0.3 is 14.4 Å². The molecule has 156 valence electrons. The number of carbonyl (C=O) groups is 3. The zero-order valence-corrected chi connectivity index (χ0v) is 16.9. The molecule has 2 fully saturated rings. The molecule has 2 heterocycles. The van der Waals surface area contributed by atoms with Crippen LogP contribution in [0.3, 0.4) is 0 Å². The smallest absolute Gasteiger partial charge is 0.233 e. The number of benzene rings is 1. The molecular formula is C22H28N2O5. The number of nitrogens with zero attached hydrogens (tertiary/aromatic N) is 2. The summed E-state index contributed by atoms with van der Waals surface area (Å²) < 4.78 is 11.2. The van der Waals surface area contributed by atoms with Gasteiger partial charge in [-0.05, 0) is 37.5 Å². The van der Waals surface area contributed by atoms with Gasteiger partial charge in [0.15, 0.2) is 11.5 Å². The van der Waals surface area contributed by atoms with Gasteiger partial charge in [-0.25, -0.2) is 0 Å². The van der Waals surface area contributed by atoms with Crippen molar-refractivity contribution >= 4 is 17.7 Å². The van der Waals surface area contributed by atoms with Crippen molar-refractivity contribution in [3.05, 3.63) is 23.8 Å². The van der Waals surface area contributed by atoms with E-state index in [1.165, 1.54) is 4.90 Å². The third-order valence-electron chi connectivity index (χ3n) is 6.20. The standard InChI is InChI=1S/C22H28N2O5/c1-2-23(14-15-7-8-18-19(13-15)29-12-11-28-18)20(25)9-10-24-21(26)16-5-3-4-6-17(16)22(24)27/h7-8,13,16-17H,2-6,9-12,14H2,1H3/t16-,17-/m0/s1. The second-order valence-corrected chi connectivity index (χ2v) is 7.96. The average Bonchev–Trinajstić information content (AvgIpc) is 3.00. The van der Waals surface area contributed by atoms with Gasteiger partial charge in [-0.1, -0.05) is 18.9 Å². The zero-order chi connectivity index (χ0) is 20.4. The Morgan fingerprint density at radius 1 is 1.07 bits per heavy atom. The third kappa shape index (κ3) is 3.95. The largest absolute Gasteiger partial charge is 0.486 e. The van der Waals surface area contributed by atoms with E-state index in [-0.39, 0.29) is 42.5 Å². The lowest BCUT2D eigenvalue weighted by Gasteiger charge is -2.24. The van der Waals surface area contributed by atoms with Gasteiger partial charge in [0, 0.05) is 26.1 Å². The van der Waals surface area contributed by atoms with Gasteiger partial charge in [0.2, 0.25) is 17.7 Å². The van der Waals surface area contributed by atoms with Crippen LogP contribution in [0.2, 0.25) is 0 Å². The molecule has 0 aromatic heterocycles. The molecule has 1 aromatic rings. The first-order chi connectivity index (χ1) is 14.1. The SMILES string of the molecule is CCN(Cc1ccc2c(c1)OCCO2)C(=O)CCN1C(=O)[C@H]2CCCC[C@@H]2C1=O. The van der Waals surface area contributed by atoms with Crippen molar-refractivity contribution < 1.29 is 23.9 Å². The van der Waals surface area contributed by atoms with E-state index >= 15 is 0 Å². The number of ether oxygens (including phenoxy) is 2. The van der Waals surface area contributed by atoms with Gasteiger partial charge in [-0.15, -0.1) is 0 Å². The van der Waals surface area contributed by atoms with Gasteiger partial charge in [-0.3, -0.25) is 19.3 Å². The Labute approximate surface area is 170 Å². The molecule has 0 N–H and O–H groups in total. The Kier molecular flexibility index (Phi) is 5.74. The van der Waals surface area contributed by atoms with Crippen molar-refractivity contribution in [3.8, 4) is 11.5 Å². The van der Waals surface area contributed by atoms with Gasteiger partial charge in [-0.2, -0.15) is 0 Å². The molecule has 7 heteroatoms. The van der Waals surface area contributed by atoms with Crippen LogP contribution in [0.5, 0.6) is 11.5 Å². The van der Waals surface area contributed by atoms with Crippen LogP contribution in [0.4, 0.5) is 0 Å². The van der Waals surface area contributed by atoms with Crippen LogP contribution in [0.15, 0.2) is 18.2 Å². The number of imide groups is 1. The lowest BCUT2D eigenvalue weighted by atomic mass is 9.81. The van der Waals surface area contributed by atoms with E-state index in [1.807, 2.05) is 25.1 Å². The van der Waals surface area contributed by atoms with E-state index in [0.29, 0.717) is 32.1 Å². The van der Waals surface area contributed by atoms with Crippen molar-refractivity contribution in [2.75, 3.05) is 26.3 Å². The van der Waals surface area contributed by atoms with E-state index < -0.39 is 0 Å². The molecule has 0 unspecified atom stereocenters. The highest BCUT2D eigenvalue weighted by atomic mass is 16.6. The van der Waals surface area contributed by atoms with E-state index in [0.717, 1.165) is 37.0 Å². The van der Waals surface area contributed by atoms with Crippen molar-refractivity contribution in [1.82, 2.24) is 9.80 Å². The molecule has 0 bridgehead atoms. The molecular weight excluding hydrogens is 372 g/mol. The fraction of sp³-hybridized carbons (Fsp3) is 0.591. The first kappa shape index (κ1) is 19.7. The summed E-state index contributed by atoms with van der Waals surface area (Å²) in [6.07, 6.45) is 3.77. The molecule has 3 aliphatic rings. The summed E-state index contributed by atoms with van der Waals surface area (Å²) in [4.78, 5) is 41.0. The Morgan fingerprint density at radius 3 is 2.38 bits per heavy atom. The Hall–Kier alpha value is -2.57. The molecule has 2 atom stereocenters. The zero-order valence-electron chi connectivity index (χ0n) is 16.9. The number of rotatable bonds is 6. The van der Waals surface area contributed by atoms with Crippen LogP contribution < -0.4 is 9.47 Å². The van der Waals surface area contributed by atoms with Crippen LogP contribution in [0.1, 0.15) is 44.6 Å². The van der Waals surface area contributed by atoms with E-state index in [9.17, 15) is 14.4 Å². The van der Waals surface area contributed by atoms with E-state index in [2.05, 4.69) is 0 Å². The van der Waals surface area contributed by atoms with Crippen molar-refractivity contribution in [2.45, 2.75) is 45.6 Å².